The number of fused-ring (bicyclic) bond motifs is 1. The van der Waals surface area contributed by atoms with Crippen LogP contribution in [-0.2, 0) is 16.4 Å². The van der Waals surface area contributed by atoms with Gasteiger partial charge in [0.1, 0.15) is 0 Å². The molecule has 2 heterocycles. The van der Waals surface area contributed by atoms with E-state index >= 15 is 0 Å². The van der Waals surface area contributed by atoms with Gasteiger partial charge in [0, 0.05) is 29.2 Å². The van der Waals surface area contributed by atoms with E-state index in [9.17, 15) is 31.5 Å². The van der Waals surface area contributed by atoms with Gasteiger partial charge in [0.15, 0.2) is 11.3 Å². The lowest BCUT2D eigenvalue weighted by Gasteiger charge is -2.14. The number of alkyl halides is 3. The molecular formula is C25H21F3N4O4S. The van der Waals surface area contributed by atoms with E-state index in [-0.39, 0.29) is 17.3 Å². The lowest BCUT2D eigenvalue weighted by atomic mass is 9.98. The number of para-hydroxylation sites is 1. The third-order valence-electron chi connectivity index (χ3n) is 6.20. The molecule has 0 amide bonds. The highest BCUT2D eigenvalue weighted by atomic mass is 32.2. The maximum Gasteiger partial charge on any atom is 0.516 e. The number of rotatable bonds is 7. The van der Waals surface area contributed by atoms with E-state index in [2.05, 4.69) is 4.98 Å². The van der Waals surface area contributed by atoms with E-state index in [4.69, 9.17) is 5.10 Å². The minimum Gasteiger partial charge on any atom is -0.477 e. The van der Waals surface area contributed by atoms with Gasteiger partial charge in [0.25, 0.3) is 0 Å². The summed E-state index contributed by atoms with van der Waals surface area (Å²) in [6, 6.07) is 14.3. The predicted octanol–water partition coefficient (Wildman–Crippen LogP) is 5.13. The number of halogens is 3. The second-order valence-electron chi connectivity index (χ2n) is 8.93. The first-order valence-corrected chi connectivity index (χ1v) is 12.8. The largest absolute Gasteiger partial charge is 0.516 e. The third kappa shape index (κ3) is 4.76. The molecule has 8 nitrogen and oxygen atoms in total. The van der Waals surface area contributed by atoms with Gasteiger partial charge >= 0.3 is 21.5 Å². The zero-order chi connectivity index (χ0) is 26.5. The molecule has 0 saturated heterocycles. The van der Waals surface area contributed by atoms with Crippen molar-refractivity contribution in [2.45, 2.75) is 37.6 Å². The molecule has 0 atom stereocenters. The molecule has 12 heteroatoms. The highest BCUT2D eigenvalue weighted by Crippen LogP contribution is 2.42. The Bertz CT molecular complexity index is 1630. The van der Waals surface area contributed by atoms with Crippen molar-refractivity contribution in [1.29, 1.82) is 0 Å². The van der Waals surface area contributed by atoms with Crippen LogP contribution in [0.2, 0.25) is 0 Å². The van der Waals surface area contributed by atoms with Gasteiger partial charge in [-0.25, -0.2) is 14.3 Å². The van der Waals surface area contributed by atoms with Gasteiger partial charge < -0.3 is 5.11 Å². The van der Waals surface area contributed by atoms with Crippen LogP contribution in [0.15, 0.2) is 54.6 Å². The first-order valence-electron chi connectivity index (χ1n) is 11.3. The fraction of sp³-hybridized carbons (Fsp3) is 0.240. The van der Waals surface area contributed by atoms with Crippen LogP contribution in [0.1, 0.15) is 51.8 Å². The van der Waals surface area contributed by atoms with Crippen LogP contribution >= 0.6 is 0 Å². The fourth-order valence-corrected chi connectivity index (χ4v) is 4.80. The molecule has 1 aliphatic carbocycles. The van der Waals surface area contributed by atoms with Gasteiger partial charge in [-0.2, -0.15) is 26.7 Å². The molecular weight excluding hydrogens is 509 g/mol. The number of carboxylic acid groups (broad SMARTS) is 1. The minimum absolute atomic E-state index is 0.0678. The summed E-state index contributed by atoms with van der Waals surface area (Å²) in [5.41, 5.74) is -1.17. The minimum atomic E-state index is -5.57. The predicted molar refractivity (Wildman–Crippen MR) is 130 cm³/mol. The van der Waals surface area contributed by atoms with Crippen LogP contribution in [0, 0.1) is 6.92 Å². The van der Waals surface area contributed by atoms with Crippen LogP contribution in [-0.4, -0.2) is 39.6 Å². The van der Waals surface area contributed by atoms with E-state index in [1.807, 2.05) is 0 Å². The summed E-state index contributed by atoms with van der Waals surface area (Å²) in [4.78, 5) is 15.9. The van der Waals surface area contributed by atoms with Crippen molar-refractivity contribution in [3.05, 3.63) is 82.8 Å². The van der Waals surface area contributed by atoms with Crippen LogP contribution < -0.4 is 4.72 Å². The number of aryl methyl sites for hydroxylation is 1. The molecule has 2 aromatic heterocycles. The highest BCUT2D eigenvalue weighted by Gasteiger charge is 2.46. The van der Waals surface area contributed by atoms with E-state index in [0.29, 0.717) is 28.9 Å². The first kappa shape index (κ1) is 24.8. The maximum atomic E-state index is 12.9. The Labute approximate surface area is 209 Å². The molecule has 0 spiro atoms. The molecule has 4 aromatic rings. The molecule has 2 N–H and O–H groups in total. The number of hydrogen-bond acceptors (Lipinski definition) is 5. The molecule has 5 rings (SSSR count). The van der Waals surface area contributed by atoms with Crippen LogP contribution in [0.3, 0.4) is 0 Å². The van der Waals surface area contributed by atoms with E-state index in [1.165, 1.54) is 24.3 Å². The summed E-state index contributed by atoms with van der Waals surface area (Å²) in [7, 11) is -5.57. The number of nitrogens with one attached hydrogen (secondary N) is 1. The number of sulfonamides is 1. The van der Waals surface area contributed by atoms with Crippen LogP contribution in [0.4, 0.5) is 18.9 Å². The molecule has 0 aliphatic heterocycles. The third-order valence-corrected chi connectivity index (χ3v) is 7.30. The molecule has 1 aliphatic rings. The molecule has 1 saturated carbocycles. The zero-order valence-electron chi connectivity index (χ0n) is 19.5. The second-order valence-corrected chi connectivity index (χ2v) is 10.6. The number of carboxylic acids is 1. The number of aromatic carboxylic acids is 1. The summed E-state index contributed by atoms with van der Waals surface area (Å²) in [6.45, 7) is 1.77. The Hall–Kier alpha value is -3.93. The molecule has 192 valence electrons. The molecule has 37 heavy (non-hydrogen) atoms. The number of carbonyl (C=O) groups is 1. The Morgan fingerprint density at radius 2 is 1.81 bits per heavy atom. The summed E-state index contributed by atoms with van der Waals surface area (Å²) in [5, 5.41) is 14.2. The lowest BCUT2D eigenvalue weighted by molar-refractivity contribution is -0.0429. The number of aromatic nitrogens is 3. The van der Waals surface area contributed by atoms with E-state index in [1.54, 1.807) is 46.5 Å². The van der Waals surface area contributed by atoms with Crippen molar-refractivity contribution in [1.82, 2.24) is 14.6 Å². The molecule has 0 unspecified atom stereocenters. The Morgan fingerprint density at radius 3 is 2.43 bits per heavy atom. The average molecular weight is 531 g/mol. The van der Waals surface area contributed by atoms with Crippen molar-refractivity contribution in [2.24, 2.45) is 0 Å². The number of benzene rings is 2. The van der Waals surface area contributed by atoms with Crippen molar-refractivity contribution in [3.63, 3.8) is 0 Å². The summed E-state index contributed by atoms with van der Waals surface area (Å²) in [5.74, 6) is -0.841. The average Bonchev–Trinajstić information content (AvgIpc) is 3.61. The van der Waals surface area contributed by atoms with Gasteiger partial charge in [-0.1, -0.05) is 42.5 Å². The van der Waals surface area contributed by atoms with Gasteiger partial charge in [-0.05, 0) is 43.0 Å². The van der Waals surface area contributed by atoms with Crippen LogP contribution in [0.25, 0.3) is 16.8 Å². The van der Waals surface area contributed by atoms with Crippen molar-refractivity contribution in [2.75, 3.05) is 4.72 Å². The van der Waals surface area contributed by atoms with E-state index in [0.717, 1.165) is 29.7 Å². The molecule has 0 bridgehead atoms. The lowest BCUT2D eigenvalue weighted by Crippen LogP contribution is -2.30. The van der Waals surface area contributed by atoms with Gasteiger partial charge in [0.2, 0.25) is 0 Å². The number of nitrogens with zero attached hydrogens (tertiary/aromatic N) is 3. The Kier molecular flexibility index (Phi) is 5.94. The molecule has 2 aromatic carbocycles. The zero-order valence-corrected chi connectivity index (χ0v) is 20.3. The maximum absolute atomic E-state index is 12.9. The number of anilines is 1. The van der Waals surface area contributed by atoms with Crippen molar-refractivity contribution >= 4 is 27.3 Å². The second kappa shape index (κ2) is 8.87. The molecule has 1 fully saturated rings. The molecule has 0 radical (unpaired) electrons. The Morgan fingerprint density at radius 1 is 1.14 bits per heavy atom. The van der Waals surface area contributed by atoms with Crippen LogP contribution in [0.5, 0.6) is 0 Å². The normalized spacial score (nSPS) is 14.2. The van der Waals surface area contributed by atoms with Gasteiger partial charge in [-0.3, -0.25) is 4.72 Å². The smallest absolute Gasteiger partial charge is 0.477 e. The fourth-order valence-electron chi connectivity index (χ4n) is 4.22. The van der Waals surface area contributed by atoms with E-state index < -0.39 is 21.5 Å². The highest BCUT2D eigenvalue weighted by molar-refractivity contribution is 7.93. The monoisotopic (exact) mass is 530 g/mol. The van der Waals surface area contributed by atoms with Gasteiger partial charge in [0.05, 0.1) is 11.4 Å². The summed E-state index contributed by atoms with van der Waals surface area (Å²) in [6.07, 6.45) is 2.41. The Balaban J connectivity index is 1.49. The quantitative estimate of drug-likeness (QED) is 0.342. The van der Waals surface area contributed by atoms with Crippen molar-refractivity contribution in [3.8, 4) is 11.1 Å². The standard InChI is InChI=1S/C25H21F3N4O4S/c1-14-12-21(24(33)34)29-23-19(22(17-10-11-17)30-32(14)23)13-15-6-8-16(9-7-15)18-4-2-3-5-20(18)31-37(35,36)25(26,27)28/h2-9,12,17,31H,10-11,13H2,1H3,(H,33,34). The van der Waals surface area contributed by atoms with Gasteiger partial charge in [-0.15, -0.1) is 0 Å². The topological polar surface area (TPSA) is 114 Å². The number of hydrogen-bond donors (Lipinski definition) is 2. The summed E-state index contributed by atoms with van der Waals surface area (Å²) < 4.78 is 65.2. The summed E-state index contributed by atoms with van der Waals surface area (Å²) >= 11 is 0. The SMILES string of the molecule is Cc1cc(C(=O)O)nc2c(Cc3ccc(-c4ccccc4NS(=O)(=O)C(F)(F)F)cc3)c(C3CC3)nn12. The first-order chi connectivity index (χ1) is 17.4. The van der Waals surface area contributed by atoms with Crippen molar-refractivity contribution < 1.29 is 31.5 Å².